The van der Waals surface area contributed by atoms with E-state index in [0.29, 0.717) is 55.7 Å². The van der Waals surface area contributed by atoms with Gasteiger partial charge in [-0.25, -0.2) is 4.68 Å². The number of fused-ring (bicyclic) bond motifs is 1. The van der Waals surface area contributed by atoms with Gasteiger partial charge in [0.15, 0.2) is 11.5 Å². The standard InChI is InChI=1S/C31H31BrClN5O3S/c1-6-41-25-15-21(14-22(32)28(25)40-5)27-26(29(39)35-24-12-11-17(2)13-18(24)3)19(4)34-30-36-31(37-38(27)30)42-16-20-9-7-8-10-23(20)33/h7-15,27H,6,16H2,1-5H3,(H,35,39)(H,34,36,37). The fraction of sp³-hybridized carbons (Fsp3) is 0.258. The number of allylic oxidation sites excluding steroid dienone is 1. The minimum Gasteiger partial charge on any atom is -0.492 e. The molecular formula is C31H31BrClN5O3S. The summed E-state index contributed by atoms with van der Waals surface area (Å²) in [5.41, 5.74) is 5.81. The van der Waals surface area contributed by atoms with E-state index >= 15 is 0 Å². The first-order valence-corrected chi connectivity index (χ1v) is 15.5. The number of nitrogens with zero attached hydrogens (tertiary/aromatic N) is 3. The highest BCUT2D eigenvalue weighted by Gasteiger charge is 2.35. The first-order chi connectivity index (χ1) is 20.2. The van der Waals surface area contributed by atoms with Crippen LogP contribution in [0.5, 0.6) is 11.5 Å². The van der Waals surface area contributed by atoms with Crippen LogP contribution in [0.3, 0.4) is 0 Å². The highest BCUT2D eigenvalue weighted by molar-refractivity contribution is 9.10. The molecule has 218 valence electrons. The van der Waals surface area contributed by atoms with Crippen LogP contribution in [0, 0.1) is 13.8 Å². The number of benzene rings is 3. The van der Waals surface area contributed by atoms with Gasteiger partial charge in [0, 0.05) is 22.2 Å². The Morgan fingerprint density at radius 1 is 1.17 bits per heavy atom. The van der Waals surface area contributed by atoms with Crippen molar-refractivity contribution in [3.63, 3.8) is 0 Å². The molecule has 1 aromatic heterocycles. The number of nitrogens with one attached hydrogen (secondary N) is 2. The van der Waals surface area contributed by atoms with E-state index in [4.69, 9.17) is 31.2 Å². The smallest absolute Gasteiger partial charge is 0.255 e. The van der Waals surface area contributed by atoms with E-state index < -0.39 is 6.04 Å². The molecule has 0 bridgehead atoms. The van der Waals surface area contributed by atoms with E-state index in [2.05, 4.69) is 26.6 Å². The zero-order chi connectivity index (χ0) is 30.0. The van der Waals surface area contributed by atoms with Crippen LogP contribution in [0.15, 0.2) is 75.5 Å². The highest BCUT2D eigenvalue weighted by Crippen LogP contribution is 2.43. The fourth-order valence-corrected chi connectivity index (χ4v) is 6.64. The molecular weight excluding hydrogens is 638 g/mol. The van der Waals surface area contributed by atoms with Crippen molar-refractivity contribution in [2.75, 3.05) is 24.4 Å². The number of rotatable bonds is 9. The average molecular weight is 669 g/mol. The number of thioether (sulfide) groups is 1. The summed E-state index contributed by atoms with van der Waals surface area (Å²) >= 11 is 11.5. The van der Waals surface area contributed by atoms with Crippen molar-refractivity contribution in [2.45, 2.75) is 44.6 Å². The third-order valence-corrected chi connectivity index (χ3v) is 8.72. The van der Waals surface area contributed by atoms with Crippen molar-refractivity contribution in [2.24, 2.45) is 0 Å². The number of anilines is 2. The lowest BCUT2D eigenvalue weighted by atomic mass is 9.94. The third-order valence-electron chi connectivity index (χ3n) is 6.87. The van der Waals surface area contributed by atoms with Crippen molar-refractivity contribution in [3.05, 3.63) is 97.6 Å². The SMILES string of the molecule is CCOc1cc(C2C(C(=O)Nc3ccc(C)cc3C)=C(C)Nc3nc(SCc4ccccc4Cl)nn32)cc(Br)c1OC. The Balaban J connectivity index is 1.58. The summed E-state index contributed by atoms with van der Waals surface area (Å²) in [5.74, 6) is 2.03. The van der Waals surface area contributed by atoms with E-state index in [9.17, 15) is 4.79 Å². The number of amides is 1. The molecule has 0 fully saturated rings. The van der Waals surface area contributed by atoms with E-state index in [1.165, 1.54) is 11.8 Å². The van der Waals surface area contributed by atoms with Gasteiger partial charge in [-0.15, -0.1) is 5.10 Å². The molecule has 1 atom stereocenters. The van der Waals surface area contributed by atoms with Gasteiger partial charge in [0.05, 0.1) is 23.8 Å². The number of methoxy groups -OCH3 is 1. The Kier molecular flexibility index (Phi) is 9.15. The number of halogens is 2. The predicted octanol–water partition coefficient (Wildman–Crippen LogP) is 7.94. The lowest BCUT2D eigenvalue weighted by molar-refractivity contribution is -0.113. The Hall–Kier alpha value is -3.47. The van der Waals surface area contributed by atoms with Crippen molar-refractivity contribution in [1.29, 1.82) is 0 Å². The van der Waals surface area contributed by atoms with Crippen LogP contribution in [0.25, 0.3) is 0 Å². The summed E-state index contributed by atoms with van der Waals surface area (Å²) in [7, 11) is 1.59. The van der Waals surface area contributed by atoms with Crippen LogP contribution in [0.2, 0.25) is 5.02 Å². The number of aryl methyl sites for hydroxylation is 2. The molecule has 5 rings (SSSR count). The summed E-state index contributed by atoms with van der Waals surface area (Å²) in [5, 5.41) is 12.5. The lowest BCUT2D eigenvalue weighted by Crippen LogP contribution is -2.31. The second-order valence-electron chi connectivity index (χ2n) is 9.85. The first kappa shape index (κ1) is 30.0. The van der Waals surface area contributed by atoms with Gasteiger partial charge in [-0.3, -0.25) is 4.79 Å². The number of hydrogen-bond donors (Lipinski definition) is 2. The zero-order valence-corrected chi connectivity index (χ0v) is 27.1. The molecule has 1 aliphatic rings. The number of carbonyl (C=O) groups excluding carboxylic acids is 1. The van der Waals surface area contributed by atoms with Gasteiger partial charge >= 0.3 is 0 Å². The molecule has 1 aliphatic heterocycles. The Labute approximate surface area is 263 Å². The molecule has 0 radical (unpaired) electrons. The van der Waals surface area contributed by atoms with Crippen LogP contribution >= 0.6 is 39.3 Å². The summed E-state index contributed by atoms with van der Waals surface area (Å²) in [6.07, 6.45) is 0. The Bertz CT molecular complexity index is 1690. The average Bonchev–Trinajstić information content (AvgIpc) is 3.35. The van der Waals surface area contributed by atoms with Crippen LogP contribution in [0.1, 0.15) is 42.1 Å². The molecule has 2 N–H and O–H groups in total. The zero-order valence-electron chi connectivity index (χ0n) is 23.9. The van der Waals surface area contributed by atoms with Crippen LogP contribution < -0.4 is 20.1 Å². The Morgan fingerprint density at radius 3 is 2.67 bits per heavy atom. The topological polar surface area (TPSA) is 90.3 Å². The van der Waals surface area contributed by atoms with Crippen LogP contribution in [-0.4, -0.2) is 34.4 Å². The number of carbonyl (C=O) groups is 1. The van der Waals surface area contributed by atoms with Crippen molar-refractivity contribution in [1.82, 2.24) is 14.8 Å². The number of ether oxygens (including phenoxy) is 2. The minimum absolute atomic E-state index is 0.242. The molecule has 0 spiro atoms. The maximum atomic E-state index is 14.0. The molecule has 2 heterocycles. The second kappa shape index (κ2) is 12.8. The fourth-order valence-electron chi connectivity index (χ4n) is 4.90. The van der Waals surface area contributed by atoms with Gasteiger partial charge in [-0.05, 0) is 84.6 Å². The number of hydrogen-bond acceptors (Lipinski definition) is 7. The second-order valence-corrected chi connectivity index (χ2v) is 12.1. The molecule has 3 aromatic carbocycles. The quantitative estimate of drug-likeness (QED) is 0.175. The minimum atomic E-state index is -0.601. The molecule has 4 aromatic rings. The van der Waals surface area contributed by atoms with Crippen LogP contribution in [-0.2, 0) is 10.5 Å². The molecule has 8 nitrogen and oxygen atoms in total. The molecule has 1 unspecified atom stereocenters. The summed E-state index contributed by atoms with van der Waals surface area (Å²) in [4.78, 5) is 18.8. The van der Waals surface area contributed by atoms with Crippen LogP contribution in [0.4, 0.5) is 11.6 Å². The molecule has 42 heavy (non-hydrogen) atoms. The lowest BCUT2D eigenvalue weighted by Gasteiger charge is -2.29. The van der Waals surface area contributed by atoms with E-state index in [-0.39, 0.29) is 5.91 Å². The van der Waals surface area contributed by atoms with Gasteiger partial charge in [0.1, 0.15) is 6.04 Å². The maximum absolute atomic E-state index is 14.0. The monoisotopic (exact) mass is 667 g/mol. The van der Waals surface area contributed by atoms with Gasteiger partial charge in [-0.2, -0.15) is 4.98 Å². The Morgan fingerprint density at radius 2 is 1.95 bits per heavy atom. The van der Waals surface area contributed by atoms with E-state index in [1.54, 1.807) is 11.8 Å². The highest BCUT2D eigenvalue weighted by atomic mass is 79.9. The molecule has 0 saturated heterocycles. The largest absolute Gasteiger partial charge is 0.492 e. The first-order valence-electron chi connectivity index (χ1n) is 13.4. The summed E-state index contributed by atoms with van der Waals surface area (Å²) in [6, 6.07) is 16.9. The van der Waals surface area contributed by atoms with Gasteiger partial charge in [0.2, 0.25) is 11.1 Å². The van der Waals surface area contributed by atoms with Crippen molar-refractivity contribution < 1.29 is 14.3 Å². The van der Waals surface area contributed by atoms with E-state index in [0.717, 1.165) is 27.9 Å². The predicted molar refractivity (Wildman–Crippen MR) is 172 cm³/mol. The summed E-state index contributed by atoms with van der Waals surface area (Å²) < 4.78 is 14.0. The van der Waals surface area contributed by atoms with Crippen molar-refractivity contribution in [3.8, 4) is 11.5 Å². The molecule has 0 aliphatic carbocycles. The van der Waals surface area contributed by atoms with E-state index in [1.807, 2.05) is 82.3 Å². The number of aromatic nitrogens is 3. The van der Waals surface area contributed by atoms with Gasteiger partial charge in [-0.1, -0.05) is 59.3 Å². The maximum Gasteiger partial charge on any atom is 0.255 e. The van der Waals surface area contributed by atoms with Crippen molar-refractivity contribution >= 4 is 56.8 Å². The molecule has 0 saturated carbocycles. The van der Waals surface area contributed by atoms with Gasteiger partial charge < -0.3 is 20.1 Å². The molecule has 11 heteroatoms. The molecule has 1 amide bonds. The third kappa shape index (κ3) is 6.16. The van der Waals surface area contributed by atoms with Gasteiger partial charge in [0.25, 0.3) is 5.91 Å². The summed E-state index contributed by atoms with van der Waals surface area (Å²) in [6.45, 7) is 8.24. The normalized spacial score (nSPS) is 14.3.